The highest BCUT2D eigenvalue weighted by Gasteiger charge is 2.04. The van der Waals surface area contributed by atoms with Crippen LogP contribution in [-0.4, -0.2) is 16.2 Å². The SMILES string of the molecule is Cc1ncn(CCF)c1C#N. The summed E-state index contributed by atoms with van der Waals surface area (Å²) in [4.78, 5) is 3.88. The van der Waals surface area contributed by atoms with Crippen molar-refractivity contribution >= 4 is 0 Å². The van der Waals surface area contributed by atoms with E-state index in [0.717, 1.165) is 0 Å². The molecule has 0 atom stereocenters. The Kier molecular flexibility index (Phi) is 2.21. The van der Waals surface area contributed by atoms with Crippen LogP contribution >= 0.6 is 0 Å². The van der Waals surface area contributed by atoms with Gasteiger partial charge in [0, 0.05) is 0 Å². The van der Waals surface area contributed by atoms with Gasteiger partial charge >= 0.3 is 0 Å². The Bertz CT molecular complexity index is 284. The number of nitriles is 1. The highest BCUT2D eigenvalue weighted by atomic mass is 19.1. The number of nitrogens with zero attached hydrogens (tertiary/aromatic N) is 3. The summed E-state index contributed by atoms with van der Waals surface area (Å²) in [5.41, 5.74) is 1.10. The molecular weight excluding hydrogens is 145 g/mol. The van der Waals surface area contributed by atoms with E-state index in [2.05, 4.69) is 4.98 Å². The number of aromatic nitrogens is 2. The van der Waals surface area contributed by atoms with Gasteiger partial charge in [-0.25, -0.2) is 9.37 Å². The number of halogens is 1. The molecule has 0 radical (unpaired) electrons. The second kappa shape index (κ2) is 3.15. The van der Waals surface area contributed by atoms with Gasteiger partial charge in [0.25, 0.3) is 0 Å². The zero-order chi connectivity index (χ0) is 8.27. The van der Waals surface area contributed by atoms with Gasteiger partial charge in [0.1, 0.15) is 18.4 Å². The maximum atomic E-state index is 11.8. The minimum Gasteiger partial charge on any atom is -0.320 e. The molecule has 0 bridgehead atoms. The van der Waals surface area contributed by atoms with Gasteiger partial charge in [0.15, 0.2) is 0 Å². The van der Waals surface area contributed by atoms with Crippen molar-refractivity contribution < 1.29 is 4.39 Å². The summed E-state index contributed by atoms with van der Waals surface area (Å²) in [7, 11) is 0. The lowest BCUT2D eigenvalue weighted by atomic mass is 10.4. The Morgan fingerprint density at radius 2 is 2.55 bits per heavy atom. The van der Waals surface area contributed by atoms with E-state index >= 15 is 0 Å². The Balaban J connectivity index is 2.98. The van der Waals surface area contributed by atoms with E-state index in [4.69, 9.17) is 5.26 Å². The number of imidazole rings is 1. The molecule has 0 N–H and O–H groups in total. The van der Waals surface area contributed by atoms with E-state index in [9.17, 15) is 4.39 Å². The molecule has 1 aromatic rings. The molecule has 0 fully saturated rings. The zero-order valence-corrected chi connectivity index (χ0v) is 6.21. The summed E-state index contributed by atoms with van der Waals surface area (Å²) < 4.78 is 13.4. The third-order valence-electron chi connectivity index (χ3n) is 1.45. The quantitative estimate of drug-likeness (QED) is 0.636. The molecule has 3 nitrogen and oxygen atoms in total. The second-order valence-corrected chi connectivity index (χ2v) is 2.17. The van der Waals surface area contributed by atoms with Gasteiger partial charge in [-0.1, -0.05) is 0 Å². The van der Waals surface area contributed by atoms with Crippen LogP contribution in [0.15, 0.2) is 6.33 Å². The molecule has 0 spiro atoms. The highest BCUT2D eigenvalue weighted by Crippen LogP contribution is 2.03. The Morgan fingerprint density at radius 1 is 1.82 bits per heavy atom. The van der Waals surface area contributed by atoms with Crippen LogP contribution in [0.2, 0.25) is 0 Å². The molecule has 0 aliphatic heterocycles. The molecule has 1 rings (SSSR count). The van der Waals surface area contributed by atoms with Crippen molar-refractivity contribution in [2.24, 2.45) is 0 Å². The van der Waals surface area contributed by atoms with Crippen molar-refractivity contribution in [3.8, 4) is 6.07 Å². The van der Waals surface area contributed by atoms with Crippen LogP contribution in [0.4, 0.5) is 4.39 Å². The summed E-state index contributed by atoms with van der Waals surface area (Å²) in [5, 5.41) is 8.58. The van der Waals surface area contributed by atoms with Crippen LogP contribution < -0.4 is 0 Å². The van der Waals surface area contributed by atoms with Gasteiger partial charge in [-0.05, 0) is 6.92 Å². The second-order valence-electron chi connectivity index (χ2n) is 2.17. The largest absolute Gasteiger partial charge is 0.320 e. The summed E-state index contributed by atoms with van der Waals surface area (Å²) in [6.45, 7) is 1.47. The number of hydrogen-bond acceptors (Lipinski definition) is 2. The van der Waals surface area contributed by atoms with Gasteiger partial charge in [-0.2, -0.15) is 5.26 Å². The first-order chi connectivity index (χ1) is 5.29. The average molecular weight is 153 g/mol. The van der Waals surface area contributed by atoms with Gasteiger partial charge < -0.3 is 4.57 Å². The number of rotatable bonds is 2. The first-order valence-electron chi connectivity index (χ1n) is 3.27. The van der Waals surface area contributed by atoms with Crippen LogP contribution in [-0.2, 0) is 6.54 Å². The summed E-state index contributed by atoms with van der Waals surface area (Å²) in [6.07, 6.45) is 1.48. The lowest BCUT2D eigenvalue weighted by molar-refractivity contribution is 0.444. The topological polar surface area (TPSA) is 41.6 Å². The predicted molar refractivity (Wildman–Crippen MR) is 37.7 cm³/mol. The predicted octanol–water partition coefficient (Wildman–Crippen LogP) is 1.03. The van der Waals surface area contributed by atoms with Crippen LogP contribution in [0.3, 0.4) is 0 Å². The van der Waals surface area contributed by atoms with E-state index in [1.807, 2.05) is 6.07 Å². The number of aryl methyl sites for hydroxylation is 2. The molecule has 0 amide bonds. The van der Waals surface area contributed by atoms with Gasteiger partial charge in [-0.15, -0.1) is 0 Å². The normalized spacial score (nSPS) is 9.55. The van der Waals surface area contributed by atoms with E-state index in [0.29, 0.717) is 11.4 Å². The van der Waals surface area contributed by atoms with Crippen molar-refractivity contribution in [2.75, 3.05) is 6.67 Å². The third-order valence-corrected chi connectivity index (χ3v) is 1.45. The molecule has 0 saturated heterocycles. The fraction of sp³-hybridized carbons (Fsp3) is 0.429. The van der Waals surface area contributed by atoms with E-state index in [-0.39, 0.29) is 6.54 Å². The molecule has 0 saturated carbocycles. The molecule has 1 heterocycles. The third kappa shape index (κ3) is 1.37. The van der Waals surface area contributed by atoms with Crippen LogP contribution in [0.1, 0.15) is 11.4 Å². The van der Waals surface area contributed by atoms with E-state index < -0.39 is 6.67 Å². The lowest BCUT2D eigenvalue weighted by Crippen LogP contribution is -2.00. The summed E-state index contributed by atoms with van der Waals surface area (Å²) in [5.74, 6) is 0. The molecule has 11 heavy (non-hydrogen) atoms. The van der Waals surface area contributed by atoms with Gasteiger partial charge in [0.2, 0.25) is 0 Å². The fourth-order valence-corrected chi connectivity index (χ4v) is 0.889. The van der Waals surface area contributed by atoms with Gasteiger partial charge in [0.05, 0.1) is 18.6 Å². The van der Waals surface area contributed by atoms with E-state index in [1.165, 1.54) is 10.9 Å². The maximum Gasteiger partial charge on any atom is 0.142 e. The van der Waals surface area contributed by atoms with Crippen LogP contribution in [0, 0.1) is 18.3 Å². The molecule has 1 aromatic heterocycles. The Labute approximate surface area is 64.1 Å². The zero-order valence-electron chi connectivity index (χ0n) is 6.21. The first-order valence-corrected chi connectivity index (χ1v) is 3.27. The summed E-state index contributed by atoms with van der Waals surface area (Å²) in [6, 6.07) is 1.96. The lowest BCUT2D eigenvalue weighted by Gasteiger charge is -1.97. The monoisotopic (exact) mass is 153 g/mol. The van der Waals surface area contributed by atoms with Crippen molar-refractivity contribution in [1.29, 1.82) is 5.26 Å². The maximum absolute atomic E-state index is 11.8. The molecule has 58 valence electrons. The highest BCUT2D eigenvalue weighted by molar-refractivity contribution is 5.25. The number of hydrogen-bond donors (Lipinski definition) is 0. The van der Waals surface area contributed by atoms with Crippen LogP contribution in [0.25, 0.3) is 0 Å². The standard InChI is InChI=1S/C7H8FN3/c1-6-7(4-9)11(3-2-8)5-10-6/h5H,2-3H2,1H3. The molecule has 0 unspecified atom stereocenters. The number of alkyl halides is 1. The van der Waals surface area contributed by atoms with Gasteiger partial charge in [-0.3, -0.25) is 0 Å². The van der Waals surface area contributed by atoms with Crippen molar-refractivity contribution in [1.82, 2.24) is 9.55 Å². The summed E-state index contributed by atoms with van der Waals surface area (Å²) >= 11 is 0. The average Bonchev–Trinajstić information content (AvgIpc) is 2.33. The minimum absolute atomic E-state index is 0.212. The molecule has 0 aliphatic carbocycles. The molecular formula is C7H8FN3. The molecule has 0 aliphatic rings. The van der Waals surface area contributed by atoms with E-state index in [1.54, 1.807) is 6.92 Å². The first kappa shape index (κ1) is 7.73. The smallest absolute Gasteiger partial charge is 0.142 e. The Hall–Kier alpha value is -1.37. The van der Waals surface area contributed by atoms with Crippen LogP contribution in [0.5, 0.6) is 0 Å². The molecule has 0 aromatic carbocycles. The minimum atomic E-state index is -0.468. The molecule has 4 heteroatoms. The Morgan fingerprint density at radius 3 is 3.09 bits per heavy atom. The fourth-order valence-electron chi connectivity index (χ4n) is 0.889. The van der Waals surface area contributed by atoms with Crippen molar-refractivity contribution in [2.45, 2.75) is 13.5 Å². The van der Waals surface area contributed by atoms with Crippen molar-refractivity contribution in [3.63, 3.8) is 0 Å². The van der Waals surface area contributed by atoms with Crippen molar-refractivity contribution in [3.05, 3.63) is 17.7 Å².